The van der Waals surface area contributed by atoms with Crippen LogP contribution in [0.25, 0.3) is 0 Å². The Labute approximate surface area is 163 Å². The van der Waals surface area contributed by atoms with Crippen molar-refractivity contribution in [2.45, 2.75) is 31.5 Å². The third-order valence-electron chi connectivity index (χ3n) is 3.78. The van der Waals surface area contributed by atoms with Crippen molar-refractivity contribution in [2.24, 2.45) is 0 Å². The summed E-state index contributed by atoms with van der Waals surface area (Å²) in [6.07, 6.45) is 9.56. The first-order valence-corrected chi connectivity index (χ1v) is 9.06. The average molecular weight is 395 g/mol. The molecule has 7 heteroatoms. The first-order chi connectivity index (χ1) is 13.1. The summed E-state index contributed by atoms with van der Waals surface area (Å²) in [5, 5.41) is 0.604. The quantitative estimate of drug-likeness (QED) is 0.325. The number of carbonyl (C=O) groups excluding carboxylic acids is 2. The number of ether oxygens (including phenoxy) is 4. The minimum absolute atomic E-state index is 0.0858. The van der Waals surface area contributed by atoms with Crippen LogP contribution in [0.2, 0.25) is 5.02 Å². The third kappa shape index (κ3) is 8.75. The molecule has 0 bridgehead atoms. The molecule has 1 saturated heterocycles. The molecule has 146 valence electrons. The number of esters is 2. The lowest BCUT2D eigenvalue weighted by molar-refractivity contribution is -0.144. The third-order valence-corrected chi connectivity index (χ3v) is 4.03. The molecule has 27 heavy (non-hydrogen) atoms. The van der Waals surface area contributed by atoms with Gasteiger partial charge in [0.25, 0.3) is 0 Å². The van der Waals surface area contributed by atoms with E-state index in [-0.39, 0.29) is 31.4 Å². The Morgan fingerprint density at radius 2 is 1.96 bits per heavy atom. The smallest absolute Gasteiger partial charge is 0.344 e. The molecule has 0 unspecified atom stereocenters. The monoisotopic (exact) mass is 394 g/mol. The fraction of sp³-hybridized carbons (Fsp3) is 0.400. The largest absolute Gasteiger partial charge is 0.482 e. The number of hydrogen-bond donors (Lipinski definition) is 0. The Balaban J connectivity index is 1.51. The van der Waals surface area contributed by atoms with Gasteiger partial charge in [-0.1, -0.05) is 29.8 Å². The van der Waals surface area contributed by atoms with Crippen LogP contribution in [0, 0.1) is 0 Å². The van der Waals surface area contributed by atoms with E-state index in [1.807, 2.05) is 12.2 Å². The van der Waals surface area contributed by atoms with Crippen LogP contribution in [0.3, 0.4) is 0 Å². The van der Waals surface area contributed by atoms with E-state index in [2.05, 4.69) is 4.74 Å². The van der Waals surface area contributed by atoms with Crippen molar-refractivity contribution in [3.8, 4) is 5.75 Å². The van der Waals surface area contributed by atoms with Gasteiger partial charge in [-0.05, 0) is 43.2 Å². The van der Waals surface area contributed by atoms with Crippen LogP contribution >= 0.6 is 11.6 Å². The highest BCUT2D eigenvalue weighted by Gasteiger charge is 2.35. The van der Waals surface area contributed by atoms with Gasteiger partial charge in [-0.2, -0.15) is 0 Å². The molecule has 1 aromatic rings. The molecule has 0 aliphatic carbocycles. The van der Waals surface area contributed by atoms with Gasteiger partial charge in [0.2, 0.25) is 0 Å². The zero-order chi connectivity index (χ0) is 19.5. The minimum atomic E-state index is -0.449. The van der Waals surface area contributed by atoms with Gasteiger partial charge in [0.05, 0.1) is 13.2 Å². The highest BCUT2D eigenvalue weighted by atomic mass is 35.5. The molecule has 0 amide bonds. The highest BCUT2D eigenvalue weighted by Crippen LogP contribution is 2.28. The molecule has 0 saturated carbocycles. The molecule has 0 radical (unpaired) electrons. The lowest BCUT2D eigenvalue weighted by Crippen LogP contribution is -2.14. The average Bonchev–Trinajstić information content (AvgIpc) is 3.42. The Bertz CT molecular complexity index is 668. The molecule has 2 rings (SSSR count). The second kappa shape index (κ2) is 11.4. The summed E-state index contributed by atoms with van der Waals surface area (Å²) < 4.78 is 20.4. The second-order valence-electron chi connectivity index (χ2n) is 5.85. The molecule has 2 atom stereocenters. The Hall–Kier alpha value is -2.31. The Kier molecular flexibility index (Phi) is 8.87. The summed E-state index contributed by atoms with van der Waals surface area (Å²) in [5.41, 5.74) is 0. The van der Waals surface area contributed by atoms with Crippen molar-refractivity contribution in [2.75, 3.05) is 20.3 Å². The molecule has 0 N–H and O–H groups in total. The molecule has 0 spiro atoms. The number of allylic oxidation sites excluding steroid dienone is 2. The summed E-state index contributed by atoms with van der Waals surface area (Å²) in [5.74, 6) is -0.0889. The second-order valence-corrected chi connectivity index (χ2v) is 6.28. The number of benzene rings is 1. The number of epoxide rings is 1. The fourth-order valence-electron chi connectivity index (χ4n) is 2.27. The first-order valence-electron chi connectivity index (χ1n) is 8.68. The van der Waals surface area contributed by atoms with E-state index in [1.54, 1.807) is 36.4 Å². The zero-order valence-electron chi connectivity index (χ0n) is 15.1. The van der Waals surface area contributed by atoms with Crippen LogP contribution in [0.1, 0.15) is 19.3 Å². The molecular weight excluding hydrogens is 372 g/mol. The topological polar surface area (TPSA) is 74.4 Å². The van der Waals surface area contributed by atoms with E-state index in [1.165, 1.54) is 7.11 Å². The van der Waals surface area contributed by atoms with Crippen molar-refractivity contribution in [3.05, 3.63) is 53.6 Å². The summed E-state index contributed by atoms with van der Waals surface area (Å²) in [4.78, 5) is 22.6. The van der Waals surface area contributed by atoms with E-state index < -0.39 is 5.97 Å². The molecule has 1 fully saturated rings. The molecular formula is C20H23ClO6. The van der Waals surface area contributed by atoms with E-state index in [0.29, 0.717) is 17.2 Å². The van der Waals surface area contributed by atoms with Crippen LogP contribution in [-0.2, 0) is 23.8 Å². The van der Waals surface area contributed by atoms with Crippen molar-refractivity contribution < 1.29 is 28.5 Å². The van der Waals surface area contributed by atoms with Gasteiger partial charge >= 0.3 is 11.9 Å². The molecule has 1 aliphatic rings. The van der Waals surface area contributed by atoms with Crippen molar-refractivity contribution in [3.63, 3.8) is 0 Å². The van der Waals surface area contributed by atoms with Crippen molar-refractivity contribution in [1.82, 2.24) is 0 Å². The first kappa shape index (κ1) is 21.0. The maximum absolute atomic E-state index is 11.6. The predicted octanol–water partition coefficient (Wildman–Crippen LogP) is 3.49. The number of methoxy groups -OCH3 is 1. The predicted molar refractivity (Wildman–Crippen MR) is 101 cm³/mol. The maximum atomic E-state index is 11.6. The maximum Gasteiger partial charge on any atom is 0.344 e. The van der Waals surface area contributed by atoms with Gasteiger partial charge in [-0.15, -0.1) is 0 Å². The van der Waals surface area contributed by atoms with E-state index in [0.717, 1.165) is 12.8 Å². The van der Waals surface area contributed by atoms with Crippen LogP contribution in [0.4, 0.5) is 0 Å². The number of rotatable bonds is 11. The van der Waals surface area contributed by atoms with Gasteiger partial charge in [-0.25, -0.2) is 4.79 Å². The molecule has 1 heterocycles. The zero-order valence-corrected chi connectivity index (χ0v) is 15.9. The Morgan fingerprint density at radius 1 is 1.19 bits per heavy atom. The summed E-state index contributed by atoms with van der Waals surface area (Å²) in [7, 11) is 1.39. The van der Waals surface area contributed by atoms with Gasteiger partial charge in [0.1, 0.15) is 18.5 Å². The normalized spacial score (nSPS) is 18.6. The van der Waals surface area contributed by atoms with E-state index in [9.17, 15) is 9.59 Å². The highest BCUT2D eigenvalue weighted by molar-refractivity contribution is 6.30. The van der Waals surface area contributed by atoms with Crippen LogP contribution in [0.15, 0.2) is 48.6 Å². The van der Waals surface area contributed by atoms with Gasteiger partial charge < -0.3 is 18.9 Å². The van der Waals surface area contributed by atoms with Crippen molar-refractivity contribution in [1.29, 1.82) is 0 Å². The van der Waals surface area contributed by atoms with E-state index in [4.69, 9.17) is 25.8 Å². The van der Waals surface area contributed by atoms with Gasteiger partial charge in [0.15, 0.2) is 6.61 Å². The standard InChI is InChI=1S/C20H23ClO6/c1-24-19(22)8-5-7-18-17(27-18)6-3-2-4-13-25-20(23)14-26-16-11-9-15(21)10-12-16/h2-4,6,9-12,17-18H,5,7-8,13-14H2,1H3/b4-2+,6-3+/t17-,18-/m1/s1. The van der Waals surface area contributed by atoms with Gasteiger partial charge in [0, 0.05) is 11.4 Å². The van der Waals surface area contributed by atoms with E-state index >= 15 is 0 Å². The number of carbonyl (C=O) groups is 2. The Morgan fingerprint density at radius 3 is 2.70 bits per heavy atom. The van der Waals surface area contributed by atoms with Crippen molar-refractivity contribution >= 4 is 23.5 Å². The summed E-state index contributed by atoms with van der Waals surface area (Å²) >= 11 is 5.77. The number of halogens is 1. The molecule has 1 aliphatic heterocycles. The van der Waals surface area contributed by atoms with Crippen LogP contribution in [-0.4, -0.2) is 44.5 Å². The van der Waals surface area contributed by atoms with Gasteiger partial charge in [-0.3, -0.25) is 4.79 Å². The SMILES string of the molecule is COC(=O)CCC[C@H]1O[C@@H]1/C=C/C=C/COC(=O)COc1ccc(Cl)cc1. The molecule has 0 aromatic heterocycles. The molecule has 6 nitrogen and oxygen atoms in total. The lowest BCUT2D eigenvalue weighted by atomic mass is 10.1. The summed E-state index contributed by atoms with van der Waals surface area (Å²) in [6, 6.07) is 6.74. The fourth-order valence-corrected chi connectivity index (χ4v) is 2.40. The molecule has 1 aromatic carbocycles. The summed E-state index contributed by atoms with van der Waals surface area (Å²) in [6.45, 7) is 0.00964. The lowest BCUT2D eigenvalue weighted by Gasteiger charge is -2.05. The number of hydrogen-bond acceptors (Lipinski definition) is 6. The van der Waals surface area contributed by atoms with Crippen LogP contribution < -0.4 is 4.74 Å². The minimum Gasteiger partial charge on any atom is -0.482 e. The van der Waals surface area contributed by atoms with Crippen LogP contribution in [0.5, 0.6) is 5.75 Å².